The second-order valence-electron chi connectivity index (χ2n) is 4.89. The summed E-state index contributed by atoms with van der Waals surface area (Å²) in [6.45, 7) is 1.33. The molecule has 6 heteroatoms. The van der Waals surface area contributed by atoms with E-state index in [2.05, 4.69) is 4.98 Å². The number of nitrogens with zero attached hydrogens (tertiary/aromatic N) is 2. The van der Waals surface area contributed by atoms with Gasteiger partial charge in [-0.1, -0.05) is 11.6 Å². The summed E-state index contributed by atoms with van der Waals surface area (Å²) in [6.07, 6.45) is 2.42. The second-order valence-corrected chi connectivity index (χ2v) is 5.32. The first-order valence-corrected chi connectivity index (χ1v) is 7.03. The highest BCUT2D eigenvalue weighted by Crippen LogP contribution is 2.21. The number of rotatable bonds is 7. The Balaban J connectivity index is 1.90. The minimum atomic E-state index is -0.769. The smallest absolute Gasteiger partial charge is 0.303 e. The minimum absolute atomic E-state index is 0.180. The Kier molecular flexibility index (Phi) is 5.36. The van der Waals surface area contributed by atoms with Gasteiger partial charge in [0, 0.05) is 23.6 Å². The summed E-state index contributed by atoms with van der Waals surface area (Å²) in [4.78, 5) is 16.9. The lowest BCUT2D eigenvalue weighted by Crippen LogP contribution is -2.20. The zero-order valence-electron chi connectivity index (χ0n) is 11.8. The molecule has 112 valence electrons. The molecule has 0 aliphatic rings. The largest absolute Gasteiger partial charge is 0.481 e. The monoisotopic (exact) mass is 308 g/mol. The number of carboxylic acid groups (broad SMARTS) is 1. The Bertz CT molecular complexity index is 595. The van der Waals surface area contributed by atoms with Crippen LogP contribution in [0.5, 0.6) is 0 Å². The molecule has 0 bridgehead atoms. The Morgan fingerprint density at radius 3 is 2.76 bits per heavy atom. The molecule has 1 N–H and O–H groups in total. The van der Waals surface area contributed by atoms with Crippen LogP contribution in [-0.2, 0) is 11.3 Å². The number of carbonyl (C=O) groups is 1. The van der Waals surface area contributed by atoms with Gasteiger partial charge in [-0.3, -0.25) is 4.79 Å². The molecule has 2 rings (SSSR count). The maximum absolute atomic E-state index is 10.5. The molecule has 0 spiro atoms. The zero-order valence-corrected chi connectivity index (χ0v) is 12.5. The number of carboxylic acids is 1. The van der Waals surface area contributed by atoms with E-state index < -0.39 is 5.97 Å². The van der Waals surface area contributed by atoms with Crippen molar-refractivity contribution in [2.24, 2.45) is 0 Å². The van der Waals surface area contributed by atoms with Crippen molar-refractivity contribution in [2.45, 2.75) is 19.4 Å². The normalized spacial score (nSPS) is 11.0. The van der Waals surface area contributed by atoms with Gasteiger partial charge in [0.2, 0.25) is 5.89 Å². The van der Waals surface area contributed by atoms with Crippen molar-refractivity contribution >= 4 is 17.6 Å². The van der Waals surface area contributed by atoms with Crippen molar-refractivity contribution in [1.82, 2.24) is 9.88 Å². The van der Waals surface area contributed by atoms with Crippen molar-refractivity contribution in [2.75, 3.05) is 13.6 Å². The quantitative estimate of drug-likeness (QED) is 0.850. The molecule has 0 aliphatic carbocycles. The lowest BCUT2D eigenvalue weighted by molar-refractivity contribution is -0.137. The second kappa shape index (κ2) is 7.24. The van der Waals surface area contributed by atoms with E-state index in [1.54, 1.807) is 18.4 Å². The Morgan fingerprint density at radius 1 is 1.38 bits per heavy atom. The van der Waals surface area contributed by atoms with Crippen LogP contribution in [0.2, 0.25) is 5.02 Å². The summed E-state index contributed by atoms with van der Waals surface area (Å²) in [5.41, 5.74) is 1.69. The van der Waals surface area contributed by atoms with Crippen LogP contribution in [0.15, 0.2) is 34.9 Å². The summed E-state index contributed by atoms with van der Waals surface area (Å²) in [5.74, 6) is -0.213. The third-order valence-corrected chi connectivity index (χ3v) is 3.26. The summed E-state index contributed by atoms with van der Waals surface area (Å²) >= 11 is 5.84. The molecule has 2 aromatic rings. The predicted molar refractivity (Wildman–Crippen MR) is 80.2 cm³/mol. The summed E-state index contributed by atoms with van der Waals surface area (Å²) in [7, 11) is 1.93. The van der Waals surface area contributed by atoms with E-state index in [4.69, 9.17) is 21.1 Å². The Labute approximate surface area is 128 Å². The highest BCUT2D eigenvalue weighted by molar-refractivity contribution is 6.30. The third kappa shape index (κ3) is 4.88. The average molecular weight is 309 g/mol. The van der Waals surface area contributed by atoms with Gasteiger partial charge in [-0.25, -0.2) is 4.98 Å². The van der Waals surface area contributed by atoms with Crippen molar-refractivity contribution in [3.05, 3.63) is 41.2 Å². The van der Waals surface area contributed by atoms with E-state index in [-0.39, 0.29) is 6.42 Å². The fraction of sp³-hybridized carbons (Fsp3) is 0.333. The number of oxazole rings is 1. The zero-order chi connectivity index (χ0) is 15.2. The highest BCUT2D eigenvalue weighted by atomic mass is 35.5. The molecular formula is C15H17ClN2O3. The topological polar surface area (TPSA) is 66.6 Å². The van der Waals surface area contributed by atoms with Crippen molar-refractivity contribution in [1.29, 1.82) is 0 Å². The molecule has 0 radical (unpaired) electrons. The first-order valence-electron chi connectivity index (χ1n) is 6.65. The number of aromatic nitrogens is 1. The summed E-state index contributed by atoms with van der Waals surface area (Å²) in [6, 6.07) is 7.29. The molecule has 0 unspecified atom stereocenters. The SMILES string of the molecule is CN(CCCC(=O)O)Cc1coc(-c2ccc(Cl)cc2)n1. The van der Waals surface area contributed by atoms with Crippen molar-refractivity contribution in [3.8, 4) is 11.5 Å². The fourth-order valence-electron chi connectivity index (χ4n) is 1.96. The number of hydrogen-bond donors (Lipinski definition) is 1. The lowest BCUT2D eigenvalue weighted by Gasteiger charge is -2.13. The third-order valence-electron chi connectivity index (χ3n) is 3.01. The molecule has 0 saturated heterocycles. The van der Waals surface area contributed by atoms with Gasteiger partial charge in [0.15, 0.2) is 0 Å². The van der Waals surface area contributed by atoms with Gasteiger partial charge in [-0.05, 0) is 44.3 Å². The van der Waals surface area contributed by atoms with Crippen molar-refractivity contribution in [3.63, 3.8) is 0 Å². The first-order chi connectivity index (χ1) is 10.0. The number of benzene rings is 1. The van der Waals surface area contributed by atoms with E-state index in [0.717, 1.165) is 11.3 Å². The van der Waals surface area contributed by atoms with E-state index >= 15 is 0 Å². The minimum Gasteiger partial charge on any atom is -0.481 e. The van der Waals surface area contributed by atoms with Crippen LogP contribution >= 0.6 is 11.6 Å². The predicted octanol–water partition coefficient (Wildman–Crippen LogP) is 3.29. The van der Waals surface area contributed by atoms with E-state index in [1.807, 2.05) is 24.1 Å². The maximum Gasteiger partial charge on any atom is 0.303 e. The van der Waals surface area contributed by atoms with Crippen LogP contribution in [0.25, 0.3) is 11.5 Å². The van der Waals surface area contributed by atoms with Gasteiger partial charge in [-0.15, -0.1) is 0 Å². The van der Waals surface area contributed by atoms with Crippen LogP contribution in [0.1, 0.15) is 18.5 Å². The standard InChI is InChI=1S/C15H17ClN2O3/c1-18(8-2-3-14(19)20)9-13-10-21-15(17-13)11-4-6-12(16)7-5-11/h4-7,10H,2-3,8-9H2,1H3,(H,19,20). The molecular weight excluding hydrogens is 292 g/mol. The van der Waals surface area contributed by atoms with Gasteiger partial charge in [-0.2, -0.15) is 0 Å². The van der Waals surface area contributed by atoms with E-state index in [0.29, 0.717) is 30.4 Å². The Hall–Kier alpha value is -1.85. The number of aliphatic carboxylic acids is 1. The molecule has 1 heterocycles. The molecule has 5 nitrogen and oxygen atoms in total. The van der Waals surface area contributed by atoms with Crippen molar-refractivity contribution < 1.29 is 14.3 Å². The molecule has 1 aromatic heterocycles. The van der Waals surface area contributed by atoms with Gasteiger partial charge in [0.25, 0.3) is 0 Å². The molecule has 0 saturated carbocycles. The maximum atomic E-state index is 10.5. The molecule has 0 aliphatic heterocycles. The van der Waals surface area contributed by atoms with Gasteiger partial charge < -0.3 is 14.4 Å². The fourth-order valence-corrected chi connectivity index (χ4v) is 2.09. The summed E-state index contributed by atoms with van der Waals surface area (Å²) in [5, 5.41) is 9.28. The Morgan fingerprint density at radius 2 is 2.10 bits per heavy atom. The van der Waals surface area contributed by atoms with Crippen LogP contribution in [0.3, 0.4) is 0 Å². The number of hydrogen-bond acceptors (Lipinski definition) is 4. The van der Waals surface area contributed by atoms with Gasteiger partial charge in [0.1, 0.15) is 6.26 Å². The molecule has 21 heavy (non-hydrogen) atoms. The molecule has 0 amide bonds. The average Bonchev–Trinajstić information content (AvgIpc) is 2.87. The molecule has 0 atom stereocenters. The van der Waals surface area contributed by atoms with E-state index in [9.17, 15) is 4.79 Å². The van der Waals surface area contributed by atoms with Gasteiger partial charge >= 0.3 is 5.97 Å². The van der Waals surface area contributed by atoms with Crippen LogP contribution < -0.4 is 0 Å². The molecule has 0 fully saturated rings. The number of halogens is 1. The van der Waals surface area contributed by atoms with Crippen LogP contribution in [0, 0.1) is 0 Å². The van der Waals surface area contributed by atoms with E-state index in [1.165, 1.54) is 0 Å². The highest BCUT2D eigenvalue weighted by Gasteiger charge is 2.09. The van der Waals surface area contributed by atoms with Crippen LogP contribution in [-0.4, -0.2) is 34.6 Å². The summed E-state index contributed by atoms with van der Waals surface area (Å²) < 4.78 is 5.46. The lowest BCUT2D eigenvalue weighted by atomic mass is 10.2. The van der Waals surface area contributed by atoms with Gasteiger partial charge in [0.05, 0.1) is 5.69 Å². The molecule has 1 aromatic carbocycles. The van der Waals surface area contributed by atoms with Crippen LogP contribution in [0.4, 0.5) is 0 Å². The first kappa shape index (κ1) is 15.5.